The maximum Gasteiger partial charge on any atom is 0.407 e. The van der Waals surface area contributed by atoms with E-state index in [4.69, 9.17) is 10.5 Å². The lowest BCUT2D eigenvalue weighted by atomic mass is 10.0. The number of aromatic nitrogens is 1. The van der Waals surface area contributed by atoms with Crippen LogP contribution in [0.3, 0.4) is 0 Å². The summed E-state index contributed by atoms with van der Waals surface area (Å²) in [5, 5.41) is 16.1. The van der Waals surface area contributed by atoms with Gasteiger partial charge in [-0.25, -0.2) is 9.59 Å². The predicted octanol–water partition coefficient (Wildman–Crippen LogP) is 2.66. The van der Waals surface area contributed by atoms with Gasteiger partial charge in [-0.15, -0.1) is 0 Å². The smallest absolute Gasteiger partial charge is 0.407 e. The van der Waals surface area contributed by atoms with E-state index in [-0.39, 0.29) is 69.1 Å². The van der Waals surface area contributed by atoms with E-state index in [1.54, 1.807) is 56.4 Å². The molecule has 0 saturated carbocycles. The van der Waals surface area contributed by atoms with Crippen molar-refractivity contribution in [3.8, 4) is 0 Å². The minimum absolute atomic E-state index is 0.0848. The molecule has 3 unspecified atom stereocenters. The van der Waals surface area contributed by atoms with Crippen molar-refractivity contribution >= 4 is 82.5 Å². The van der Waals surface area contributed by atoms with Gasteiger partial charge in [-0.1, -0.05) is 32.4 Å². The van der Waals surface area contributed by atoms with Crippen molar-refractivity contribution in [2.45, 2.75) is 82.7 Å². The van der Waals surface area contributed by atoms with E-state index in [0.717, 1.165) is 10.9 Å². The lowest BCUT2D eigenvalue weighted by Gasteiger charge is -2.25. The first-order valence-electron chi connectivity index (χ1n) is 19.0. The minimum Gasteiger partial charge on any atom is -0.445 e. The third-order valence-electron chi connectivity index (χ3n) is 9.19. The number of ether oxygens (including phenoxy) is 1. The van der Waals surface area contributed by atoms with Crippen molar-refractivity contribution in [2.24, 2.45) is 11.7 Å². The summed E-state index contributed by atoms with van der Waals surface area (Å²) < 4.78 is 5.22. The quantitative estimate of drug-likeness (QED) is 0.0434. The number of imide groups is 1. The molecule has 58 heavy (non-hydrogen) atoms. The second kappa shape index (κ2) is 22.0. The fraction of sp³-hybridized carbons (Fsp3) is 0.436. The molecule has 1 fully saturated rings. The molecule has 1 aromatic heterocycles. The van der Waals surface area contributed by atoms with E-state index in [2.05, 4.69) is 49.5 Å². The molecule has 1 aliphatic rings. The van der Waals surface area contributed by atoms with E-state index in [1.165, 1.54) is 4.90 Å². The maximum absolute atomic E-state index is 13.5. The first-order valence-corrected chi connectivity index (χ1v) is 19.5. The average molecular weight is 822 g/mol. The van der Waals surface area contributed by atoms with Crippen LogP contribution in [-0.2, 0) is 40.1 Å². The van der Waals surface area contributed by atoms with Gasteiger partial charge in [0, 0.05) is 54.4 Å². The largest absolute Gasteiger partial charge is 0.445 e. The number of aromatic amines is 1. The van der Waals surface area contributed by atoms with E-state index in [9.17, 15) is 38.4 Å². The molecule has 0 spiro atoms. The molecule has 3 atom stereocenters. The minimum atomic E-state index is -1.05. The topological polar surface area (TPSA) is 263 Å². The van der Waals surface area contributed by atoms with Crippen LogP contribution in [0, 0.1) is 5.92 Å². The molecule has 1 aliphatic heterocycles. The van der Waals surface area contributed by atoms with Crippen molar-refractivity contribution in [1.29, 1.82) is 0 Å². The summed E-state index contributed by atoms with van der Waals surface area (Å²) in [5.41, 5.74) is 7.66. The molecule has 312 valence electrons. The number of carbonyl (C=O) groups is 8. The Kier molecular flexibility index (Phi) is 16.9. The maximum atomic E-state index is 13.5. The Morgan fingerprint density at radius 1 is 0.879 bits per heavy atom. The number of nitrogens with one attached hydrogen (secondary N) is 7. The number of carbonyl (C=O) groups excluding carboxylic acids is 8. The van der Waals surface area contributed by atoms with Gasteiger partial charge in [0.05, 0.1) is 5.25 Å². The van der Waals surface area contributed by atoms with E-state index in [0.29, 0.717) is 42.6 Å². The molecule has 0 radical (unpaired) electrons. The second-order valence-corrected chi connectivity index (χ2v) is 14.8. The lowest BCUT2D eigenvalue weighted by molar-refractivity contribution is -0.138. The van der Waals surface area contributed by atoms with Crippen LogP contribution in [0.25, 0.3) is 10.9 Å². The molecule has 9 N–H and O–H groups in total. The number of alkyl carbamates (subject to hydrolysis) is 1. The summed E-state index contributed by atoms with van der Waals surface area (Å²) in [6, 6.07) is 11.0. The van der Waals surface area contributed by atoms with Crippen LogP contribution < -0.4 is 37.6 Å². The Hall–Kier alpha value is -6.11. The highest BCUT2D eigenvalue weighted by Crippen LogP contribution is 2.20. The van der Waals surface area contributed by atoms with Crippen LogP contribution in [0.5, 0.6) is 0 Å². The van der Waals surface area contributed by atoms with E-state index >= 15 is 0 Å². The Balaban J connectivity index is 1.23. The van der Waals surface area contributed by atoms with Crippen molar-refractivity contribution in [1.82, 2.24) is 31.2 Å². The Morgan fingerprint density at radius 3 is 2.31 bits per heavy atom. The molecule has 18 nitrogen and oxygen atoms in total. The van der Waals surface area contributed by atoms with Crippen molar-refractivity contribution in [2.75, 3.05) is 30.3 Å². The van der Waals surface area contributed by atoms with Gasteiger partial charge in [0.1, 0.15) is 25.2 Å². The summed E-state index contributed by atoms with van der Waals surface area (Å²) in [5.74, 6) is -2.80. The Bertz CT molecular complexity index is 1950. The summed E-state index contributed by atoms with van der Waals surface area (Å²) in [4.78, 5) is 104. The number of nitrogens with two attached hydrogens (primary N) is 1. The van der Waals surface area contributed by atoms with Crippen LogP contribution in [0.15, 0.2) is 54.7 Å². The first kappa shape index (κ1) is 44.6. The van der Waals surface area contributed by atoms with Gasteiger partial charge in [-0.05, 0) is 73.6 Å². The third-order valence-corrected chi connectivity index (χ3v) is 9.60. The number of benzene rings is 2. The summed E-state index contributed by atoms with van der Waals surface area (Å²) in [6.45, 7) is 3.52. The highest BCUT2D eigenvalue weighted by Gasteiger charge is 2.35. The number of hydrogen-bond donors (Lipinski definition) is 9. The number of unbranched alkanes of at least 4 members (excludes halogenated alkanes) is 2. The third kappa shape index (κ3) is 14.1. The normalized spacial score (nSPS) is 14.8. The zero-order valence-electron chi connectivity index (χ0n) is 32.4. The molecule has 2 aromatic carbocycles. The Morgan fingerprint density at radius 2 is 1.62 bits per heavy atom. The van der Waals surface area contributed by atoms with Crippen LogP contribution in [0.1, 0.15) is 64.4 Å². The van der Waals surface area contributed by atoms with Crippen LogP contribution in [0.4, 0.5) is 21.0 Å². The lowest BCUT2D eigenvalue weighted by Crippen LogP contribution is -2.54. The molecular weight excluding hydrogens is 771 g/mol. The number of amides is 9. The number of H-pyrrole nitrogens is 1. The number of fused-ring (bicyclic) bond motifs is 1. The molecular formula is C39H51N9O9S. The predicted molar refractivity (Wildman–Crippen MR) is 218 cm³/mol. The molecule has 1 saturated heterocycles. The number of anilines is 2. The molecule has 3 aromatic rings. The van der Waals surface area contributed by atoms with Gasteiger partial charge in [-0.2, -0.15) is 12.6 Å². The standard InChI is InChI=1S/C39H51N9O9S/c1-23(2)34(47-31(49)8-4-3-5-18-48-33(51)20-30(58)37(48)54)36(53)46-29(7-6-16-42-38(40)55)35(52)45-26-11-9-24(10-12-26)22-57-39(56)43-21-32(50)44-27-13-14-28-25(19-27)15-17-41-28/h9-15,17,19,23,29-30,34,41,58H,3-8,16,18,20-22H2,1-2H3,(H,43,56)(H,44,50)(H,45,52)(H,46,53)(H,47,49)(H3,40,42,55). The molecule has 0 aliphatic carbocycles. The fourth-order valence-electron chi connectivity index (χ4n) is 6.06. The van der Waals surface area contributed by atoms with Crippen LogP contribution in [0.2, 0.25) is 0 Å². The van der Waals surface area contributed by atoms with Gasteiger partial charge in [0.2, 0.25) is 35.4 Å². The molecule has 0 bridgehead atoms. The number of nitrogens with zero attached hydrogens (tertiary/aromatic N) is 1. The van der Waals surface area contributed by atoms with Gasteiger partial charge in [0.25, 0.3) is 0 Å². The zero-order chi connectivity index (χ0) is 42.2. The molecule has 4 rings (SSSR count). The fourth-order valence-corrected chi connectivity index (χ4v) is 6.36. The van der Waals surface area contributed by atoms with Gasteiger partial charge < -0.3 is 47.4 Å². The average Bonchev–Trinajstić information content (AvgIpc) is 3.75. The summed E-state index contributed by atoms with van der Waals surface area (Å²) in [7, 11) is 0. The number of hydrogen-bond acceptors (Lipinski definition) is 10. The Labute approximate surface area is 340 Å². The monoisotopic (exact) mass is 821 g/mol. The zero-order valence-corrected chi connectivity index (χ0v) is 33.3. The number of thiol groups is 1. The first-order chi connectivity index (χ1) is 27.7. The number of primary amides is 1. The molecule has 2 heterocycles. The van der Waals surface area contributed by atoms with E-state index in [1.807, 2.05) is 12.1 Å². The van der Waals surface area contributed by atoms with Gasteiger partial charge in [-0.3, -0.25) is 33.7 Å². The van der Waals surface area contributed by atoms with Crippen molar-refractivity contribution < 1.29 is 43.1 Å². The van der Waals surface area contributed by atoms with E-state index < -0.39 is 47.2 Å². The van der Waals surface area contributed by atoms with Crippen LogP contribution >= 0.6 is 12.6 Å². The van der Waals surface area contributed by atoms with Gasteiger partial charge >= 0.3 is 12.1 Å². The molecule has 9 amide bonds. The summed E-state index contributed by atoms with van der Waals surface area (Å²) >= 11 is 4.12. The number of rotatable bonds is 21. The summed E-state index contributed by atoms with van der Waals surface area (Å²) in [6.07, 6.45) is 3.21. The highest BCUT2D eigenvalue weighted by molar-refractivity contribution is 7.81. The SMILES string of the molecule is CC(C)C(NC(=O)CCCCCN1C(=O)CC(S)C1=O)C(=O)NC(CCCNC(N)=O)C(=O)Nc1ccc(COC(=O)NCC(=O)Nc2ccc3[nH]ccc3c2)cc1. The van der Waals surface area contributed by atoms with Crippen LogP contribution in [-0.4, -0.2) is 94.4 Å². The highest BCUT2D eigenvalue weighted by atomic mass is 32.1. The number of likely N-dealkylation sites (tertiary alicyclic amines) is 1. The molecule has 19 heteroatoms. The number of urea groups is 1. The second-order valence-electron chi connectivity index (χ2n) is 14.1. The van der Waals surface area contributed by atoms with Gasteiger partial charge in [0.15, 0.2) is 0 Å². The van der Waals surface area contributed by atoms with Crippen molar-refractivity contribution in [3.63, 3.8) is 0 Å². The van der Waals surface area contributed by atoms with Crippen molar-refractivity contribution in [3.05, 3.63) is 60.3 Å².